The first-order valence-corrected chi connectivity index (χ1v) is 11.7. The number of benzene rings is 1. The Bertz CT molecular complexity index is 1040. The van der Waals surface area contributed by atoms with E-state index in [0.717, 1.165) is 30.8 Å². The molecular formula is C26H32N4O4. The van der Waals surface area contributed by atoms with Crippen LogP contribution in [0.5, 0.6) is 0 Å². The first-order chi connectivity index (χ1) is 16.4. The van der Waals surface area contributed by atoms with Crippen molar-refractivity contribution in [3.8, 4) is 0 Å². The molecule has 180 valence electrons. The number of rotatable bonds is 8. The molecule has 3 heterocycles. The minimum Gasteiger partial charge on any atom is -0.383 e. The van der Waals surface area contributed by atoms with Crippen LogP contribution >= 0.6 is 0 Å². The van der Waals surface area contributed by atoms with Crippen LogP contribution in [-0.4, -0.2) is 83.8 Å². The minimum absolute atomic E-state index is 0.00371. The number of carbonyl (C=O) groups is 3. The van der Waals surface area contributed by atoms with Crippen LogP contribution in [0, 0.1) is 6.92 Å². The van der Waals surface area contributed by atoms with Crippen molar-refractivity contribution in [2.45, 2.75) is 31.7 Å². The van der Waals surface area contributed by atoms with Gasteiger partial charge in [0.2, 0.25) is 17.7 Å². The van der Waals surface area contributed by atoms with Gasteiger partial charge in [0.25, 0.3) is 0 Å². The molecule has 2 aliphatic rings. The second-order valence-electron chi connectivity index (χ2n) is 9.11. The maximum atomic E-state index is 13.6. The fourth-order valence-corrected chi connectivity index (χ4v) is 5.03. The Labute approximate surface area is 200 Å². The predicted molar refractivity (Wildman–Crippen MR) is 127 cm³/mol. The van der Waals surface area contributed by atoms with Crippen LogP contribution in [0.25, 0.3) is 0 Å². The summed E-state index contributed by atoms with van der Waals surface area (Å²) in [7, 11) is 1.54. The smallest absolute Gasteiger partial charge is 0.240 e. The average molecular weight is 465 g/mol. The summed E-state index contributed by atoms with van der Waals surface area (Å²) < 4.78 is 5.10. The van der Waals surface area contributed by atoms with Gasteiger partial charge in [-0.1, -0.05) is 24.3 Å². The van der Waals surface area contributed by atoms with Gasteiger partial charge >= 0.3 is 0 Å². The SMILES string of the molecule is COCCN1C(=O)C[C@](CC(=O)N2CCN(Cc3ccncc3)CC2)(c2ccccc2C)C1=O. The normalized spacial score (nSPS) is 21.4. The highest BCUT2D eigenvalue weighted by Gasteiger charge is 2.54. The van der Waals surface area contributed by atoms with Gasteiger partial charge in [0.1, 0.15) is 0 Å². The van der Waals surface area contributed by atoms with E-state index in [2.05, 4.69) is 9.88 Å². The van der Waals surface area contributed by atoms with Crippen LogP contribution < -0.4 is 0 Å². The van der Waals surface area contributed by atoms with Crippen molar-refractivity contribution >= 4 is 17.7 Å². The summed E-state index contributed by atoms with van der Waals surface area (Å²) in [6.07, 6.45) is 3.58. The summed E-state index contributed by atoms with van der Waals surface area (Å²) in [5.74, 6) is -0.629. The van der Waals surface area contributed by atoms with E-state index < -0.39 is 5.41 Å². The zero-order chi connectivity index (χ0) is 24.1. The Morgan fingerprint density at radius 2 is 1.76 bits per heavy atom. The molecule has 2 aromatic rings. The monoisotopic (exact) mass is 464 g/mol. The van der Waals surface area contributed by atoms with E-state index in [9.17, 15) is 14.4 Å². The lowest BCUT2D eigenvalue weighted by molar-refractivity contribution is -0.143. The predicted octanol–water partition coefficient (Wildman–Crippen LogP) is 1.77. The summed E-state index contributed by atoms with van der Waals surface area (Å²) in [6.45, 7) is 5.94. The lowest BCUT2D eigenvalue weighted by Gasteiger charge is -2.37. The van der Waals surface area contributed by atoms with Crippen molar-refractivity contribution in [1.82, 2.24) is 19.7 Å². The number of imide groups is 1. The van der Waals surface area contributed by atoms with Gasteiger partial charge in [-0.25, -0.2) is 0 Å². The first-order valence-electron chi connectivity index (χ1n) is 11.7. The number of methoxy groups -OCH3 is 1. The molecule has 0 radical (unpaired) electrons. The largest absolute Gasteiger partial charge is 0.383 e. The van der Waals surface area contributed by atoms with Crippen LogP contribution in [0.15, 0.2) is 48.8 Å². The molecule has 34 heavy (non-hydrogen) atoms. The number of carbonyl (C=O) groups excluding carboxylic acids is 3. The van der Waals surface area contributed by atoms with Gasteiger partial charge in [-0.15, -0.1) is 0 Å². The number of nitrogens with zero attached hydrogens (tertiary/aromatic N) is 4. The zero-order valence-corrected chi connectivity index (χ0v) is 19.9. The molecule has 2 aliphatic heterocycles. The summed E-state index contributed by atoms with van der Waals surface area (Å²) in [5.41, 5.74) is 1.70. The molecule has 0 bridgehead atoms. The zero-order valence-electron chi connectivity index (χ0n) is 19.9. The topological polar surface area (TPSA) is 83.1 Å². The fourth-order valence-electron chi connectivity index (χ4n) is 5.03. The standard InChI is InChI=1S/C26H32N4O4/c1-20-5-3-4-6-22(20)26(18-24(32)30(25(26)33)15-16-34-2)17-23(31)29-13-11-28(12-14-29)19-21-7-9-27-10-8-21/h3-10H,11-19H2,1-2H3/t26-/m1/s1. The number of piperazine rings is 1. The van der Waals surface area contributed by atoms with Crippen molar-refractivity contribution in [2.75, 3.05) is 46.4 Å². The van der Waals surface area contributed by atoms with Crippen molar-refractivity contribution in [1.29, 1.82) is 0 Å². The summed E-state index contributed by atoms with van der Waals surface area (Å²) in [6, 6.07) is 11.6. The highest BCUT2D eigenvalue weighted by molar-refractivity contribution is 6.11. The Balaban J connectivity index is 1.49. The van der Waals surface area contributed by atoms with Crippen LogP contribution in [-0.2, 0) is 31.1 Å². The third-order valence-electron chi connectivity index (χ3n) is 6.92. The number of likely N-dealkylation sites (tertiary alicyclic amines) is 1. The number of hydrogen-bond acceptors (Lipinski definition) is 6. The lowest BCUT2D eigenvalue weighted by atomic mass is 9.74. The quantitative estimate of drug-likeness (QED) is 0.554. The van der Waals surface area contributed by atoms with Crippen molar-refractivity contribution < 1.29 is 19.1 Å². The molecule has 0 N–H and O–H groups in total. The molecule has 1 aromatic carbocycles. The molecule has 0 saturated carbocycles. The van der Waals surface area contributed by atoms with Gasteiger partial charge in [-0.2, -0.15) is 0 Å². The number of hydrogen-bond donors (Lipinski definition) is 0. The molecule has 4 rings (SSSR count). The minimum atomic E-state index is -1.17. The number of amides is 3. The van der Waals surface area contributed by atoms with Gasteiger partial charge in [-0.3, -0.25) is 29.2 Å². The molecule has 8 heteroatoms. The Hall–Kier alpha value is -3.10. The average Bonchev–Trinajstić information content (AvgIpc) is 3.08. The van der Waals surface area contributed by atoms with E-state index in [1.807, 2.05) is 48.2 Å². The number of aryl methyl sites for hydroxylation is 1. The molecular weight excluding hydrogens is 432 g/mol. The summed E-state index contributed by atoms with van der Waals surface area (Å²) in [4.78, 5) is 49.5. The maximum absolute atomic E-state index is 13.6. The lowest BCUT2D eigenvalue weighted by Crippen LogP contribution is -2.50. The molecule has 2 saturated heterocycles. The van der Waals surface area contributed by atoms with Gasteiger partial charge < -0.3 is 9.64 Å². The van der Waals surface area contributed by atoms with E-state index in [4.69, 9.17) is 4.74 Å². The molecule has 1 aromatic heterocycles. The van der Waals surface area contributed by atoms with E-state index in [1.54, 1.807) is 12.4 Å². The van der Waals surface area contributed by atoms with Crippen LogP contribution in [0.2, 0.25) is 0 Å². The fraction of sp³-hybridized carbons (Fsp3) is 0.462. The third-order valence-corrected chi connectivity index (χ3v) is 6.92. The highest BCUT2D eigenvalue weighted by atomic mass is 16.5. The Morgan fingerprint density at radius 3 is 2.44 bits per heavy atom. The van der Waals surface area contributed by atoms with Gasteiger partial charge in [0.15, 0.2) is 0 Å². The van der Waals surface area contributed by atoms with Crippen molar-refractivity contribution in [2.24, 2.45) is 0 Å². The van der Waals surface area contributed by atoms with Crippen LogP contribution in [0.1, 0.15) is 29.5 Å². The molecule has 0 spiro atoms. The molecule has 3 amide bonds. The second-order valence-corrected chi connectivity index (χ2v) is 9.11. The number of ether oxygens (including phenoxy) is 1. The van der Waals surface area contributed by atoms with E-state index >= 15 is 0 Å². The van der Waals surface area contributed by atoms with Crippen LogP contribution in [0.4, 0.5) is 0 Å². The summed E-state index contributed by atoms with van der Waals surface area (Å²) in [5, 5.41) is 0. The summed E-state index contributed by atoms with van der Waals surface area (Å²) >= 11 is 0. The van der Waals surface area contributed by atoms with Crippen molar-refractivity contribution in [3.63, 3.8) is 0 Å². The molecule has 8 nitrogen and oxygen atoms in total. The Morgan fingerprint density at radius 1 is 1.06 bits per heavy atom. The van der Waals surface area contributed by atoms with E-state index in [1.165, 1.54) is 17.6 Å². The second kappa shape index (κ2) is 10.4. The van der Waals surface area contributed by atoms with Gasteiger partial charge in [0, 0.05) is 65.1 Å². The first kappa shape index (κ1) is 24.0. The molecule has 0 unspecified atom stereocenters. The third kappa shape index (κ3) is 4.88. The molecule has 1 atom stereocenters. The molecule has 0 aliphatic carbocycles. The number of pyridine rings is 1. The number of aromatic nitrogens is 1. The van der Waals surface area contributed by atoms with E-state index in [0.29, 0.717) is 13.1 Å². The van der Waals surface area contributed by atoms with Crippen LogP contribution in [0.3, 0.4) is 0 Å². The highest BCUT2D eigenvalue weighted by Crippen LogP contribution is 2.41. The van der Waals surface area contributed by atoms with Gasteiger partial charge in [-0.05, 0) is 35.7 Å². The Kier molecular flexibility index (Phi) is 7.38. The maximum Gasteiger partial charge on any atom is 0.240 e. The van der Waals surface area contributed by atoms with E-state index in [-0.39, 0.29) is 43.7 Å². The van der Waals surface area contributed by atoms with Crippen molar-refractivity contribution in [3.05, 3.63) is 65.5 Å². The van der Waals surface area contributed by atoms with Gasteiger partial charge in [0.05, 0.1) is 18.6 Å². The molecule has 2 fully saturated rings.